The summed E-state index contributed by atoms with van der Waals surface area (Å²) in [5.74, 6) is -3.10. The largest absolute Gasteiger partial charge is 0.299 e. The summed E-state index contributed by atoms with van der Waals surface area (Å²) in [6, 6.07) is 5.30. The Morgan fingerprint density at radius 2 is 1.79 bits per heavy atom. The van der Waals surface area contributed by atoms with Crippen molar-refractivity contribution in [2.24, 2.45) is 0 Å². The molecule has 1 aromatic heterocycles. The van der Waals surface area contributed by atoms with Crippen molar-refractivity contribution in [3.8, 4) is 0 Å². The highest BCUT2D eigenvalue weighted by atomic mass is 35.5. The fraction of sp³-hybridized carbons (Fsp3) is 0.412. The van der Waals surface area contributed by atoms with Gasteiger partial charge in [0.05, 0.1) is 5.41 Å². The van der Waals surface area contributed by atoms with E-state index in [1.807, 2.05) is 0 Å². The number of hydrogen-bond acceptors (Lipinski definition) is 3. The van der Waals surface area contributed by atoms with Crippen LogP contribution < -0.4 is 0 Å². The molecule has 1 atom stereocenters. The fourth-order valence-electron chi connectivity index (χ4n) is 4.05. The minimum absolute atomic E-state index is 0.142. The Labute approximate surface area is 153 Å². The van der Waals surface area contributed by atoms with Crippen molar-refractivity contribution in [2.45, 2.75) is 42.2 Å². The highest BCUT2D eigenvalue weighted by Crippen LogP contribution is 2.60. The topological polar surface area (TPSA) is 25.8 Å². The van der Waals surface area contributed by atoms with Crippen LogP contribution in [0.5, 0.6) is 0 Å². The van der Waals surface area contributed by atoms with Gasteiger partial charge in [0.2, 0.25) is 0 Å². The first kappa shape index (κ1) is 16.6. The van der Waals surface area contributed by atoms with Crippen molar-refractivity contribution >= 4 is 35.0 Å². The molecule has 2 nitrogen and oxygen atoms in total. The van der Waals surface area contributed by atoms with E-state index in [4.69, 9.17) is 23.2 Å². The Morgan fingerprint density at radius 3 is 2.50 bits per heavy atom. The molecule has 1 heterocycles. The Kier molecular flexibility index (Phi) is 3.83. The van der Waals surface area contributed by atoms with Gasteiger partial charge in [-0.25, -0.2) is 9.97 Å². The van der Waals surface area contributed by atoms with Crippen LogP contribution in [0.1, 0.15) is 35.2 Å². The molecule has 2 aliphatic rings. The lowest BCUT2D eigenvalue weighted by molar-refractivity contribution is -0.102. The summed E-state index contributed by atoms with van der Waals surface area (Å²) in [5, 5.41) is 0.986. The van der Waals surface area contributed by atoms with E-state index in [0.717, 1.165) is 5.56 Å². The van der Waals surface area contributed by atoms with Crippen molar-refractivity contribution in [3.05, 3.63) is 50.8 Å². The van der Waals surface area contributed by atoms with Crippen LogP contribution >= 0.6 is 35.0 Å². The molecule has 0 radical (unpaired) electrons. The predicted octanol–water partition coefficient (Wildman–Crippen LogP) is 5.43. The number of rotatable bonds is 1. The third-order valence-corrected chi connectivity index (χ3v) is 6.47. The number of nitrogens with zero attached hydrogens (tertiary/aromatic N) is 2. The minimum atomic E-state index is -3.10. The summed E-state index contributed by atoms with van der Waals surface area (Å²) in [4.78, 5) is 8.25. The maximum Gasteiger partial charge on any atom is 0.299 e. The number of thioether (sulfide) groups is 1. The molecule has 1 unspecified atom stereocenters. The zero-order chi connectivity index (χ0) is 17.1. The van der Waals surface area contributed by atoms with Crippen LogP contribution in [0.3, 0.4) is 0 Å². The van der Waals surface area contributed by atoms with Crippen molar-refractivity contribution < 1.29 is 8.78 Å². The fourth-order valence-corrected chi connectivity index (χ4v) is 5.00. The smallest absolute Gasteiger partial charge is 0.221 e. The van der Waals surface area contributed by atoms with Gasteiger partial charge in [0.15, 0.2) is 5.16 Å². The number of fused-ring (bicyclic) bond motifs is 3. The standard InChI is InChI=1S/C17H14Cl2F2N2S/c1-24-15-22-13-10(14(19)23-15)6-8-16(17(13,20)21)7-5-9-11(16)3-2-4-12(9)18/h2-4H,5-8H2,1H3. The van der Waals surface area contributed by atoms with Crippen LogP contribution in [0, 0.1) is 0 Å². The van der Waals surface area contributed by atoms with Gasteiger partial charge in [0, 0.05) is 10.6 Å². The van der Waals surface area contributed by atoms with E-state index in [2.05, 4.69) is 9.97 Å². The zero-order valence-corrected chi connectivity index (χ0v) is 15.2. The Balaban J connectivity index is 1.94. The van der Waals surface area contributed by atoms with Crippen LogP contribution in [0.2, 0.25) is 10.2 Å². The van der Waals surface area contributed by atoms with E-state index in [1.54, 1.807) is 24.5 Å². The van der Waals surface area contributed by atoms with Gasteiger partial charge in [-0.15, -0.1) is 0 Å². The van der Waals surface area contributed by atoms with Gasteiger partial charge in [0.1, 0.15) is 10.8 Å². The number of hydrogen-bond donors (Lipinski definition) is 0. The average molecular weight is 387 g/mol. The summed E-state index contributed by atoms with van der Waals surface area (Å²) in [6.45, 7) is 0. The Bertz CT molecular complexity index is 844. The molecule has 0 saturated carbocycles. The molecule has 0 amide bonds. The zero-order valence-electron chi connectivity index (χ0n) is 12.9. The molecule has 24 heavy (non-hydrogen) atoms. The highest BCUT2D eigenvalue weighted by molar-refractivity contribution is 7.98. The number of halogens is 4. The molecule has 1 spiro atoms. The second-order valence-electron chi connectivity index (χ2n) is 6.25. The normalized spacial score (nSPS) is 24.0. The minimum Gasteiger partial charge on any atom is -0.221 e. The molecule has 4 rings (SSSR count). The quantitative estimate of drug-likeness (QED) is 0.371. The van der Waals surface area contributed by atoms with E-state index in [-0.39, 0.29) is 16.0 Å². The van der Waals surface area contributed by atoms with E-state index in [9.17, 15) is 0 Å². The molecular formula is C17H14Cl2F2N2S. The first-order valence-corrected chi connectivity index (χ1v) is 9.65. The maximum atomic E-state index is 15.7. The van der Waals surface area contributed by atoms with E-state index in [1.165, 1.54) is 11.8 Å². The van der Waals surface area contributed by atoms with Crippen molar-refractivity contribution in [3.63, 3.8) is 0 Å². The van der Waals surface area contributed by atoms with E-state index >= 15 is 8.78 Å². The molecule has 7 heteroatoms. The van der Waals surface area contributed by atoms with Crippen LogP contribution in [-0.4, -0.2) is 16.2 Å². The van der Waals surface area contributed by atoms with Crippen molar-refractivity contribution in [1.82, 2.24) is 9.97 Å². The highest BCUT2D eigenvalue weighted by Gasteiger charge is 2.62. The molecular weight excluding hydrogens is 373 g/mol. The summed E-state index contributed by atoms with van der Waals surface area (Å²) in [5.41, 5.74) is 0.401. The second kappa shape index (κ2) is 5.55. The van der Waals surface area contributed by atoms with Crippen molar-refractivity contribution in [1.29, 1.82) is 0 Å². The first-order chi connectivity index (χ1) is 11.4. The molecule has 0 N–H and O–H groups in total. The summed E-state index contributed by atoms with van der Waals surface area (Å²) >= 11 is 13.6. The monoisotopic (exact) mass is 386 g/mol. The molecule has 2 aliphatic carbocycles. The van der Waals surface area contributed by atoms with Gasteiger partial charge >= 0.3 is 0 Å². The third kappa shape index (κ3) is 2.07. The lowest BCUT2D eigenvalue weighted by atomic mass is 9.67. The second-order valence-corrected chi connectivity index (χ2v) is 7.79. The predicted molar refractivity (Wildman–Crippen MR) is 92.5 cm³/mol. The summed E-state index contributed by atoms with van der Waals surface area (Å²) in [6.07, 6.45) is 3.45. The van der Waals surface area contributed by atoms with Gasteiger partial charge < -0.3 is 0 Å². The molecule has 126 valence electrons. The van der Waals surface area contributed by atoms with Crippen LogP contribution in [0.4, 0.5) is 8.78 Å². The molecule has 1 aromatic carbocycles. The lowest BCUT2D eigenvalue weighted by Crippen LogP contribution is -2.46. The van der Waals surface area contributed by atoms with Crippen LogP contribution in [0.25, 0.3) is 0 Å². The van der Waals surface area contributed by atoms with Gasteiger partial charge in [0.25, 0.3) is 5.92 Å². The number of aromatic nitrogens is 2. The van der Waals surface area contributed by atoms with Crippen molar-refractivity contribution in [2.75, 3.05) is 6.26 Å². The summed E-state index contributed by atoms with van der Waals surface area (Å²) < 4.78 is 31.3. The van der Waals surface area contributed by atoms with Gasteiger partial charge in [-0.1, -0.05) is 47.1 Å². The number of benzene rings is 1. The Morgan fingerprint density at radius 1 is 1.08 bits per heavy atom. The van der Waals surface area contributed by atoms with Gasteiger partial charge in [-0.2, -0.15) is 8.78 Å². The molecule has 0 aliphatic heterocycles. The van der Waals surface area contributed by atoms with E-state index < -0.39 is 11.3 Å². The maximum absolute atomic E-state index is 15.7. The number of alkyl halides is 2. The SMILES string of the molecule is CSc1nc(Cl)c2c(n1)C(F)(F)C1(CCc3c(Cl)cccc31)CC2. The summed E-state index contributed by atoms with van der Waals surface area (Å²) in [7, 11) is 0. The van der Waals surface area contributed by atoms with Gasteiger partial charge in [-0.3, -0.25) is 0 Å². The third-order valence-electron chi connectivity index (χ3n) is 5.26. The van der Waals surface area contributed by atoms with Crippen LogP contribution in [0.15, 0.2) is 23.4 Å². The first-order valence-electron chi connectivity index (χ1n) is 7.67. The molecule has 0 saturated heterocycles. The Hall–Kier alpha value is -0.910. The van der Waals surface area contributed by atoms with Crippen LogP contribution in [-0.2, 0) is 24.2 Å². The molecule has 2 aromatic rings. The molecule has 0 bridgehead atoms. The van der Waals surface area contributed by atoms with E-state index in [0.29, 0.717) is 41.8 Å². The molecule has 0 fully saturated rings. The van der Waals surface area contributed by atoms with Gasteiger partial charge in [-0.05, 0) is 49.1 Å². The lowest BCUT2D eigenvalue weighted by Gasteiger charge is -2.42. The average Bonchev–Trinajstić information content (AvgIpc) is 2.93.